The van der Waals surface area contributed by atoms with Gasteiger partial charge >= 0.3 is 5.97 Å². The highest BCUT2D eigenvalue weighted by Crippen LogP contribution is 2.20. The summed E-state index contributed by atoms with van der Waals surface area (Å²) >= 11 is 0. The van der Waals surface area contributed by atoms with Crippen LogP contribution in [0.15, 0.2) is 24.3 Å². The van der Waals surface area contributed by atoms with E-state index >= 15 is 0 Å². The Bertz CT molecular complexity index is 544. The van der Waals surface area contributed by atoms with E-state index in [1.54, 1.807) is 13.0 Å². The largest absolute Gasteiger partial charge is 0.484 e. The van der Waals surface area contributed by atoms with Crippen LogP contribution in [-0.4, -0.2) is 42.8 Å². The smallest absolute Gasteiger partial charge is 0.305 e. The summed E-state index contributed by atoms with van der Waals surface area (Å²) in [6.45, 7) is 5.71. The third kappa shape index (κ3) is 6.69. The van der Waals surface area contributed by atoms with Crippen molar-refractivity contribution in [3.63, 3.8) is 0 Å². The van der Waals surface area contributed by atoms with Crippen molar-refractivity contribution in [1.29, 1.82) is 0 Å². The van der Waals surface area contributed by atoms with E-state index in [-0.39, 0.29) is 25.5 Å². The van der Waals surface area contributed by atoms with E-state index in [2.05, 4.69) is 19.2 Å². The number of benzene rings is 1. The van der Waals surface area contributed by atoms with Crippen molar-refractivity contribution < 1.29 is 24.2 Å². The lowest BCUT2D eigenvalue weighted by Gasteiger charge is -2.28. The summed E-state index contributed by atoms with van der Waals surface area (Å²) in [5.74, 6) is -0.415. The molecule has 0 saturated heterocycles. The molecular formula is C17H25NO5. The zero-order chi connectivity index (χ0) is 17.5. The number of amides is 1. The Morgan fingerprint density at radius 1 is 1.35 bits per heavy atom. The maximum absolute atomic E-state index is 12.0. The predicted molar refractivity (Wildman–Crippen MR) is 86.7 cm³/mol. The van der Waals surface area contributed by atoms with Gasteiger partial charge in [0.15, 0.2) is 6.61 Å². The van der Waals surface area contributed by atoms with Crippen LogP contribution in [0.5, 0.6) is 5.75 Å². The first kappa shape index (κ1) is 19.0. The van der Waals surface area contributed by atoms with Gasteiger partial charge in [0.05, 0.1) is 18.6 Å². The van der Waals surface area contributed by atoms with Crippen molar-refractivity contribution in [3.8, 4) is 5.75 Å². The highest BCUT2D eigenvalue weighted by Gasteiger charge is 2.29. The molecular weight excluding hydrogens is 298 g/mol. The van der Waals surface area contributed by atoms with Crippen LogP contribution in [0.3, 0.4) is 0 Å². The number of ether oxygens (including phenoxy) is 2. The van der Waals surface area contributed by atoms with Gasteiger partial charge in [0, 0.05) is 7.11 Å². The molecule has 0 aliphatic rings. The second-order valence-electron chi connectivity index (χ2n) is 6.13. The number of aliphatic carboxylic acids is 1. The normalized spacial score (nSPS) is 13.4. The molecule has 0 aliphatic carbocycles. The van der Waals surface area contributed by atoms with Crippen molar-refractivity contribution >= 4 is 11.9 Å². The van der Waals surface area contributed by atoms with Gasteiger partial charge < -0.3 is 19.9 Å². The van der Waals surface area contributed by atoms with Crippen LogP contribution in [0, 0.1) is 0 Å². The fourth-order valence-electron chi connectivity index (χ4n) is 2.27. The summed E-state index contributed by atoms with van der Waals surface area (Å²) < 4.78 is 10.5. The van der Waals surface area contributed by atoms with Crippen LogP contribution in [0.2, 0.25) is 0 Å². The van der Waals surface area contributed by atoms with Gasteiger partial charge in [-0.2, -0.15) is 0 Å². The maximum Gasteiger partial charge on any atom is 0.305 e. The molecule has 0 aliphatic heterocycles. The molecule has 6 heteroatoms. The lowest BCUT2D eigenvalue weighted by Crippen LogP contribution is -2.52. The SMILES string of the molecule is COCC(C)(CC(=O)O)NC(=O)COc1cccc(C(C)C)c1. The monoisotopic (exact) mass is 323 g/mol. The third-order valence-electron chi connectivity index (χ3n) is 3.34. The minimum atomic E-state index is -1.00. The molecule has 0 heterocycles. The Labute approximate surface area is 136 Å². The van der Waals surface area contributed by atoms with E-state index in [0.29, 0.717) is 11.7 Å². The second kappa shape index (κ2) is 8.53. The number of carbonyl (C=O) groups is 2. The van der Waals surface area contributed by atoms with Gasteiger partial charge in [0.1, 0.15) is 5.75 Å². The van der Waals surface area contributed by atoms with Crippen LogP contribution in [0.1, 0.15) is 38.7 Å². The molecule has 0 saturated carbocycles. The molecule has 1 aromatic rings. The van der Waals surface area contributed by atoms with E-state index in [1.165, 1.54) is 7.11 Å². The predicted octanol–water partition coefficient (Wildman–Crippen LogP) is 2.18. The van der Waals surface area contributed by atoms with Gasteiger partial charge in [0.25, 0.3) is 5.91 Å². The molecule has 1 rings (SSSR count). The third-order valence-corrected chi connectivity index (χ3v) is 3.34. The summed E-state index contributed by atoms with van der Waals surface area (Å²) in [6.07, 6.45) is -0.227. The quantitative estimate of drug-likeness (QED) is 0.727. The number of nitrogens with one attached hydrogen (secondary N) is 1. The van der Waals surface area contributed by atoms with E-state index in [4.69, 9.17) is 14.6 Å². The van der Waals surface area contributed by atoms with Crippen LogP contribution in [0.4, 0.5) is 0 Å². The summed E-state index contributed by atoms with van der Waals surface area (Å²) in [7, 11) is 1.46. The Morgan fingerprint density at radius 3 is 2.61 bits per heavy atom. The number of hydrogen-bond donors (Lipinski definition) is 2. The summed E-state index contributed by atoms with van der Waals surface area (Å²) in [6, 6.07) is 7.55. The van der Waals surface area contributed by atoms with E-state index in [0.717, 1.165) is 5.56 Å². The van der Waals surface area contributed by atoms with Gasteiger partial charge in [-0.25, -0.2) is 0 Å². The van der Waals surface area contributed by atoms with Crippen molar-refractivity contribution in [3.05, 3.63) is 29.8 Å². The lowest BCUT2D eigenvalue weighted by molar-refractivity contribution is -0.139. The fourth-order valence-corrected chi connectivity index (χ4v) is 2.27. The highest BCUT2D eigenvalue weighted by atomic mass is 16.5. The molecule has 1 atom stereocenters. The maximum atomic E-state index is 12.0. The van der Waals surface area contributed by atoms with Crippen LogP contribution in [-0.2, 0) is 14.3 Å². The molecule has 2 N–H and O–H groups in total. The van der Waals surface area contributed by atoms with Gasteiger partial charge in [-0.15, -0.1) is 0 Å². The standard InChI is InChI=1S/C17H25NO5/c1-12(2)13-6-5-7-14(8-13)23-10-15(19)18-17(3,11-22-4)9-16(20)21/h5-8,12H,9-11H2,1-4H3,(H,18,19)(H,20,21). The molecule has 0 aromatic heterocycles. The molecule has 1 unspecified atom stereocenters. The van der Waals surface area contributed by atoms with Crippen LogP contribution < -0.4 is 10.1 Å². The summed E-state index contributed by atoms with van der Waals surface area (Å²) in [4.78, 5) is 22.9. The number of carboxylic acids is 1. The molecule has 0 spiro atoms. The second-order valence-corrected chi connectivity index (χ2v) is 6.13. The highest BCUT2D eigenvalue weighted by molar-refractivity contribution is 5.79. The molecule has 1 aromatic carbocycles. The first-order chi connectivity index (χ1) is 10.8. The topological polar surface area (TPSA) is 84.9 Å². The number of rotatable bonds is 9. The van der Waals surface area contributed by atoms with Gasteiger partial charge in [-0.05, 0) is 30.5 Å². The molecule has 0 fully saturated rings. The van der Waals surface area contributed by atoms with Crippen LogP contribution in [0.25, 0.3) is 0 Å². The van der Waals surface area contributed by atoms with E-state index in [1.807, 2.05) is 18.2 Å². The Balaban J connectivity index is 2.61. The number of carboxylic acid groups (broad SMARTS) is 1. The molecule has 128 valence electrons. The molecule has 23 heavy (non-hydrogen) atoms. The fraction of sp³-hybridized carbons (Fsp3) is 0.529. The molecule has 0 radical (unpaired) electrons. The first-order valence-electron chi connectivity index (χ1n) is 7.50. The average Bonchev–Trinajstić information content (AvgIpc) is 2.44. The summed E-state index contributed by atoms with van der Waals surface area (Å²) in [5.41, 5.74) is 0.152. The Kier molecular flexibility index (Phi) is 7.03. The Hall–Kier alpha value is -2.08. The number of hydrogen-bond acceptors (Lipinski definition) is 4. The van der Waals surface area contributed by atoms with Crippen molar-refractivity contribution in [2.45, 2.75) is 38.6 Å². The van der Waals surface area contributed by atoms with E-state index < -0.39 is 11.5 Å². The zero-order valence-corrected chi connectivity index (χ0v) is 14.1. The first-order valence-corrected chi connectivity index (χ1v) is 7.50. The average molecular weight is 323 g/mol. The Morgan fingerprint density at radius 2 is 2.04 bits per heavy atom. The van der Waals surface area contributed by atoms with Crippen molar-refractivity contribution in [2.75, 3.05) is 20.3 Å². The minimum Gasteiger partial charge on any atom is -0.484 e. The summed E-state index contributed by atoms with van der Waals surface area (Å²) in [5, 5.41) is 11.6. The lowest BCUT2D eigenvalue weighted by atomic mass is 9.99. The molecule has 0 bridgehead atoms. The zero-order valence-electron chi connectivity index (χ0n) is 14.1. The number of carbonyl (C=O) groups excluding carboxylic acids is 1. The van der Waals surface area contributed by atoms with E-state index in [9.17, 15) is 9.59 Å². The van der Waals surface area contributed by atoms with Crippen molar-refractivity contribution in [1.82, 2.24) is 5.32 Å². The minimum absolute atomic E-state index is 0.105. The van der Waals surface area contributed by atoms with Crippen LogP contribution >= 0.6 is 0 Å². The molecule has 6 nitrogen and oxygen atoms in total. The van der Waals surface area contributed by atoms with Gasteiger partial charge in [-0.3, -0.25) is 9.59 Å². The molecule has 1 amide bonds. The number of methoxy groups -OCH3 is 1. The van der Waals surface area contributed by atoms with Crippen molar-refractivity contribution in [2.24, 2.45) is 0 Å². The van der Waals surface area contributed by atoms with Gasteiger partial charge in [-0.1, -0.05) is 26.0 Å². The van der Waals surface area contributed by atoms with Gasteiger partial charge in [0.2, 0.25) is 0 Å².